The molecule has 0 saturated heterocycles. The zero-order chi connectivity index (χ0) is 13.8. The largest absolute Gasteiger partial charge is 0.476 e. The van der Waals surface area contributed by atoms with Crippen LogP contribution >= 0.6 is 0 Å². The van der Waals surface area contributed by atoms with Crippen molar-refractivity contribution >= 4 is 11.7 Å². The number of nitrogens with one attached hydrogen (secondary N) is 1. The van der Waals surface area contributed by atoms with Gasteiger partial charge in [-0.15, -0.1) is 0 Å². The lowest BCUT2D eigenvalue weighted by Crippen LogP contribution is -2.11. The van der Waals surface area contributed by atoms with E-state index in [4.69, 9.17) is 0 Å². The molecule has 5 nitrogen and oxygen atoms in total. The number of aromatic nitrogens is 2. The molecule has 1 aromatic heterocycles. The van der Waals surface area contributed by atoms with E-state index in [1.54, 1.807) is 6.20 Å². The van der Waals surface area contributed by atoms with Crippen molar-refractivity contribution in [1.82, 2.24) is 9.78 Å². The van der Waals surface area contributed by atoms with E-state index in [0.29, 0.717) is 18.8 Å². The van der Waals surface area contributed by atoms with Crippen LogP contribution in [0.1, 0.15) is 28.5 Å². The highest BCUT2D eigenvalue weighted by Crippen LogP contribution is 2.16. The summed E-state index contributed by atoms with van der Waals surface area (Å²) in [5.74, 6) is -0.967. The molecule has 0 bridgehead atoms. The normalized spacial score (nSPS) is 10.4. The van der Waals surface area contributed by atoms with Gasteiger partial charge in [0.25, 0.3) is 0 Å². The highest BCUT2D eigenvalue weighted by atomic mass is 16.4. The van der Waals surface area contributed by atoms with Crippen LogP contribution < -0.4 is 5.32 Å². The number of benzene rings is 1. The van der Waals surface area contributed by atoms with Gasteiger partial charge in [0.05, 0.1) is 11.9 Å². The number of hydrogen-bond acceptors (Lipinski definition) is 3. The minimum atomic E-state index is -0.967. The van der Waals surface area contributed by atoms with Crippen molar-refractivity contribution in [3.63, 3.8) is 0 Å². The van der Waals surface area contributed by atoms with Gasteiger partial charge in [0, 0.05) is 13.1 Å². The van der Waals surface area contributed by atoms with Gasteiger partial charge in [-0.2, -0.15) is 5.10 Å². The van der Waals surface area contributed by atoms with Gasteiger partial charge in [0.2, 0.25) is 0 Å². The molecule has 0 aliphatic heterocycles. The number of carbonyl (C=O) groups is 1. The van der Waals surface area contributed by atoms with Gasteiger partial charge >= 0.3 is 5.97 Å². The Kier molecular flexibility index (Phi) is 3.85. The molecule has 2 N–H and O–H groups in total. The Hall–Kier alpha value is -2.30. The van der Waals surface area contributed by atoms with Crippen LogP contribution in [0.15, 0.2) is 30.5 Å². The van der Waals surface area contributed by atoms with Gasteiger partial charge in [-0.25, -0.2) is 4.79 Å². The number of carboxylic acid groups (broad SMARTS) is 1. The summed E-state index contributed by atoms with van der Waals surface area (Å²) in [4.78, 5) is 11.2. The molecule has 0 fully saturated rings. The average molecular weight is 259 g/mol. The molecule has 0 unspecified atom stereocenters. The summed E-state index contributed by atoms with van der Waals surface area (Å²) >= 11 is 0. The average Bonchev–Trinajstić information content (AvgIpc) is 2.81. The van der Waals surface area contributed by atoms with E-state index in [1.807, 2.05) is 38.1 Å². The predicted molar refractivity (Wildman–Crippen MR) is 73.4 cm³/mol. The number of nitrogens with zero attached hydrogens (tertiary/aromatic N) is 2. The molecule has 0 radical (unpaired) electrons. The Morgan fingerprint density at radius 2 is 2.05 bits per heavy atom. The van der Waals surface area contributed by atoms with Crippen molar-refractivity contribution in [2.75, 3.05) is 5.32 Å². The number of carboxylic acids is 1. The molecule has 0 aliphatic rings. The summed E-state index contributed by atoms with van der Waals surface area (Å²) in [6, 6.07) is 8.11. The van der Waals surface area contributed by atoms with E-state index in [9.17, 15) is 9.90 Å². The van der Waals surface area contributed by atoms with Gasteiger partial charge in [-0.1, -0.05) is 29.8 Å². The van der Waals surface area contributed by atoms with Gasteiger partial charge in [-0.3, -0.25) is 4.68 Å². The van der Waals surface area contributed by atoms with Crippen molar-refractivity contribution in [2.24, 2.45) is 0 Å². The van der Waals surface area contributed by atoms with E-state index in [0.717, 1.165) is 5.56 Å². The first kappa shape index (κ1) is 13.1. The molecule has 0 spiro atoms. The topological polar surface area (TPSA) is 67.2 Å². The van der Waals surface area contributed by atoms with Gasteiger partial charge in [0.15, 0.2) is 5.69 Å². The first-order chi connectivity index (χ1) is 9.11. The first-order valence-electron chi connectivity index (χ1n) is 6.20. The lowest BCUT2D eigenvalue weighted by atomic mass is 10.1. The molecule has 5 heteroatoms. The Morgan fingerprint density at radius 1 is 1.37 bits per heavy atom. The van der Waals surface area contributed by atoms with Crippen molar-refractivity contribution in [3.05, 3.63) is 47.3 Å². The lowest BCUT2D eigenvalue weighted by Gasteiger charge is -2.07. The maximum Gasteiger partial charge on any atom is 0.356 e. The standard InChI is InChI=1S/C14H17N3O2/c1-3-17-13(14(18)19)12(9-16-17)15-8-11-6-4-10(2)5-7-11/h4-7,9,15H,3,8H2,1-2H3,(H,18,19). The molecule has 2 rings (SSSR count). The minimum Gasteiger partial charge on any atom is -0.476 e. The summed E-state index contributed by atoms with van der Waals surface area (Å²) in [6.45, 7) is 5.01. The number of hydrogen-bond donors (Lipinski definition) is 2. The molecule has 0 amide bonds. The first-order valence-corrected chi connectivity index (χ1v) is 6.20. The molecule has 0 aliphatic carbocycles. The van der Waals surface area contributed by atoms with E-state index < -0.39 is 5.97 Å². The highest BCUT2D eigenvalue weighted by molar-refractivity contribution is 5.92. The van der Waals surface area contributed by atoms with Gasteiger partial charge < -0.3 is 10.4 Å². The van der Waals surface area contributed by atoms with Crippen LogP contribution in [0.5, 0.6) is 0 Å². The summed E-state index contributed by atoms with van der Waals surface area (Å²) in [6.07, 6.45) is 1.56. The lowest BCUT2D eigenvalue weighted by molar-refractivity contribution is 0.0684. The van der Waals surface area contributed by atoms with Crippen molar-refractivity contribution in [3.8, 4) is 0 Å². The number of aromatic carboxylic acids is 1. The van der Waals surface area contributed by atoms with Gasteiger partial charge in [0.1, 0.15) is 0 Å². The fraction of sp³-hybridized carbons (Fsp3) is 0.286. The van der Waals surface area contributed by atoms with E-state index in [1.165, 1.54) is 10.2 Å². The monoisotopic (exact) mass is 259 g/mol. The quantitative estimate of drug-likeness (QED) is 0.865. The van der Waals surface area contributed by atoms with Crippen LogP contribution in [0.25, 0.3) is 0 Å². The Balaban J connectivity index is 2.13. The number of aryl methyl sites for hydroxylation is 2. The smallest absolute Gasteiger partial charge is 0.356 e. The summed E-state index contributed by atoms with van der Waals surface area (Å²) in [5, 5.41) is 16.4. The number of anilines is 1. The predicted octanol–water partition coefficient (Wildman–Crippen LogP) is 2.52. The van der Waals surface area contributed by atoms with E-state index in [-0.39, 0.29) is 5.69 Å². The van der Waals surface area contributed by atoms with Crippen molar-refractivity contribution in [1.29, 1.82) is 0 Å². The molecule has 100 valence electrons. The van der Waals surface area contributed by atoms with E-state index in [2.05, 4.69) is 10.4 Å². The fourth-order valence-corrected chi connectivity index (χ4v) is 1.88. The zero-order valence-electron chi connectivity index (χ0n) is 11.1. The van der Waals surface area contributed by atoms with Crippen LogP contribution in [0.4, 0.5) is 5.69 Å². The van der Waals surface area contributed by atoms with E-state index >= 15 is 0 Å². The second-order valence-electron chi connectivity index (χ2n) is 4.37. The molecule has 0 atom stereocenters. The second kappa shape index (κ2) is 5.56. The molecule has 1 aromatic carbocycles. The molecule has 1 heterocycles. The maximum atomic E-state index is 11.2. The molecular formula is C14H17N3O2. The van der Waals surface area contributed by atoms with Crippen LogP contribution in [-0.4, -0.2) is 20.9 Å². The third kappa shape index (κ3) is 2.93. The van der Waals surface area contributed by atoms with Crippen LogP contribution in [0.3, 0.4) is 0 Å². The summed E-state index contributed by atoms with van der Waals surface area (Å²) in [5.41, 5.74) is 3.06. The second-order valence-corrected chi connectivity index (χ2v) is 4.37. The van der Waals surface area contributed by atoms with Crippen molar-refractivity contribution in [2.45, 2.75) is 26.9 Å². The third-order valence-corrected chi connectivity index (χ3v) is 2.95. The Labute approximate surface area is 111 Å². The van der Waals surface area contributed by atoms with Crippen molar-refractivity contribution < 1.29 is 9.90 Å². The van der Waals surface area contributed by atoms with Crippen LogP contribution in [0, 0.1) is 6.92 Å². The SMILES string of the molecule is CCn1ncc(NCc2ccc(C)cc2)c1C(=O)O. The van der Waals surface area contributed by atoms with Crippen LogP contribution in [-0.2, 0) is 13.1 Å². The fourth-order valence-electron chi connectivity index (χ4n) is 1.88. The third-order valence-electron chi connectivity index (χ3n) is 2.95. The number of rotatable bonds is 5. The molecule has 0 saturated carbocycles. The summed E-state index contributed by atoms with van der Waals surface area (Å²) in [7, 11) is 0. The zero-order valence-corrected chi connectivity index (χ0v) is 11.1. The highest BCUT2D eigenvalue weighted by Gasteiger charge is 2.16. The maximum absolute atomic E-state index is 11.2. The van der Waals surface area contributed by atoms with Crippen LogP contribution in [0.2, 0.25) is 0 Å². The molecule has 19 heavy (non-hydrogen) atoms. The summed E-state index contributed by atoms with van der Waals surface area (Å²) < 4.78 is 1.47. The minimum absolute atomic E-state index is 0.203. The Morgan fingerprint density at radius 3 is 2.63 bits per heavy atom. The molecular weight excluding hydrogens is 242 g/mol. The molecule has 2 aromatic rings. The van der Waals surface area contributed by atoms with Gasteiger partial charge in [-0.05, 0) is 19.4 Å². The Bertz CT molecular complexity index is 573.